The van der Waals surface area contributed by atoms with Crippen molar-refractivity contribution in [3.8, 4) is 6.07 Å². The molecule has 0 spiro atoms. The van der Waals surface area contributed by atoms with Gasteiger partial charge in [0, 0.05) is 43.7 Å². The Kier molecular flexibility index (Phi) is 5.40. The van der Waals surface area contributed by atoms with Gasteiger partial charge >= 0.3 is 0 Å². The smallest absolute Gasteiger partial charge is 0.249 e. The highest BCUT2D eigenvalue weighted by molar-refractivity contribution is 5.78. The minimum Gasteiger partial charge on any atom is -0.338 e. The van der Waals surface area contributed by atoms with Crippen LogP contribution in [0.25, 0.3) is 0 Å². The Morgan fingerprint density at radius 1 is 1.21 bits per heavy atom. The van der Waals surface area contributed by atoms with E-state index >= 15 is 0 Å². The highest BCUT2D eigenvalue weighted by Gasteiger charge is 2.37. The monoisotopic (exact) mass is 379 g/mol. The van der Waals surface area contributed by atoms with Gasteiger partial charge < -0.3 is 4.57 Å². The molecule has 1 aliphatic carbocycles. The fourth-order valence-corrected chi connectivity index (χ4v) is 4.36. The Labute approximate surface area is 164 Å². The SMILES string of the molecule is Cn1cncc1CC1CCC(C(=O)N2OCC[C@H]2c2cncc(C#N)c2)CC1. The number of pyridine rings is 1. The summed E-state index contributed by atoms with van der Waals surface area (Å²) >= 11 is 0. The van der Waals surface area contributed by atoms with Gasteiger partial charge in [-0.05, 0) is 49.7 Å². The molecule has 0 aromatic carbocycles. The zero-order valence-corrected chi connectivity index (χ0v) is 16.1. The summed E-state index contributed by atoms with van der Waals surface area (Å²) in [4.78, 5) is 27.1. The van der Waals surface area contributed by atoms with Crippen molar-refractivity contribution in [3.05, 3.63) is 47.8 Å². The molecule has 1 aliphatic heterocycles. The molecule has 0 unspecified atom stereocenters. The summed E-state index contributed by atoms with van der Waals surface area (Å²) in [6.07, 6.45) is 12.7. The lowest BCUT2D eigenvalue weighted by atomic mass is 9.79. The van der Waals surface area contributed by atoms with Gasteiger partial charge in [-0.2, -0.15) is 5.26 Å². The van der Waals surface area contributed by atoms with E-state index in [1.54, 1.807) is 17.3 Å². The van der Waals surface area contributed by atoms with Crippen LogP contribution in [-0.2, 0) is 23.1 Å². The molecular weight excluding hydrogens is 354 g/mol. The lowest BCUT2D eigenvalue weighted by molar-refractivity contribution is -0.183. The molecule has 7 nitrogen and oxygen atoms in total. The number of nitrogens with zero attached hydrogens (tertiary/aromatic N) is 5. The van der Waals surface area contributed by atoms with Gasteiger partial charge in [0.15, 0.2) is 0 Å². The molecule has 0 bridgehead atoms. The third kappa shape index (κ3) is 3.78. The Balaban J connectivity index is 1.38. The second-order valence-corrected chi connectivity index (χ2v) is 7.84. The Morgan fingerprint density at radius 3 is 2.75 bits per heavy atom. The quantitative estimate of drug-likeness (QED) is 0.815. The molecule has 7 heteroatoms. The molecule has 2 aromatic heterocycles. The van der Waals surface area contributed by atoms with Crippen molar-refractivity contribution < 1.29 is 9.63 Å². The van der Waals surface area contributed by atoms with Crippen LogP contribution in [0.15, 0.2) is 31.0 Å². The number of imidazole rings is 1. The highest BCUT2D eigenvalue weighted by atomic mass is 16.7. The average Bonchev–Trinajstić information content (AvgIpc) is 3.37. The first-order chi connectivity index (χ1) is 13.7. The third-order valence-corrected chi connectivity index (χ3v) is 6.01. The van der Waals surface area contributed by atoms with Crippen molar-refractivity contribution in [2.45, 2.75) is 44.6 Å². The molecule has 1 amide bonds. The fraction of sp³-hybridized carbons (Fsp3) is 0.524. The summed E-state index contributed by atoms with van der Waals surface area (Å²) in [7, 11) is 2.03. The first-order valence-corrected chi connectivity index (χ1v) is 9.92. The molecule has 1 atom stereocenters. The number of amides is 1. The number of aryl methyl sites for hydroxylation is 1. The van der Waals surface area contributed by atoms with Gasteiger partial charge in [0.25, 0.3) is 0 Å². The topological polar surface area (TPSA) is 84.0 Å². The third-order valence-electron chi connectivity index (χ3n) is 6.01. The molecule has 1 saturated heterocycles. The number of hydrogen-bond acceptors (Lipinski definition) is 5. The van der Waals surface area contributed by atoms with E-state index in [9.17, 15) is 4.79 Å². The van der Waals surface area contributed by atoms with Crippen LogP contribution < -0.4 is 0 Å². The van der Waals surface area contributed by atoms with Crippen molar-refractivity contribution in [1.82, 2.24) is 19.6 Å². The van der Waals surface area contributed by atoms with Crippen LogP contribution in [0, 0.1) is 23.2 Å². The van der Waals surface area contributed by atoms with E-state index < -0.39 is 0 Å². The summed E-state index contributed by atoms with van der Waals surface area (Å²) in [6.45, 7) is 0.517. The lowest BCUT2D eigenvalue weighted by Crippen LogP contribution is -2.36. The Hall–Kier alpha value is -2.72. The zero-order valence-electron chi connectivity index (χ0n) is 16.1. The van der Waals surface area contributed by atoms with Crippen molar-refractivity contribution in [2.24, 2.45) is 18.9 Å². The van der Waals surface area contributed by atoms with Gasteiger partial charge in [-0.1, -0.05) is 0 Å². The van der Waals surface area contributed by atoms with E-state index in [1.807, 2.05) is 19.6 Å². The number of hydrogen-bond donors (Lipinski definition) is 0. The largest absolute Gasteiger partial charge is 0.338 e. The predicted molar refractivity (Wildman–Crippen MR) is 101 cm³/mol. The number of nitriles is 1. The molecule has 146 valence electrons. The molecule has 4 rings (SSSR count). The summed E-state index contributed by atoms with van der Waals surface area (Å²) in [5, 5.41) is 10.7. The van der Waals surface area contributed by atoms with Gasteiger partial charge in [-0.15, -0.1) is 0 Å². The lowest BCUT2D eigenvalue weighted by Gasteiger charge is -2.32. The maximum Gasteiger partial charge on any atom is 0.249 e. The normalized spacial score (nSPS) is 24.9. The van der Waals surface area contributed by atoms with Gasteiger partial charge in [-0.25, -0.2) is 10.0 Å². The van der Waals surface area contributed by atoms with E-state index in [-0.39, 0.29) is 17.9 Å². The molecule has 2 aromatic rings. The second kappa shape index (κ2) is 8.11. The van der Waals surface area contributed by atoms with Crippen LogP contribution in [0.3, 0.4) is 0 Å². The van der Waals surface area contributed by atoms with Gasteiger partial charge in [0.1, 0.15) is 6.07 Å². The Morgan fingerprint density at radius 2 is 2.04 bits per heavy atom. The van der Waals surface area contributed by atoms with Gasteiger partial charge in [0.2, 0.25) is 5.91 Å². The van der Waals surface area contributed by atoms with E-state index in [2.05, 4.69) is 20.6 Å². The Bertz CT molecular complexity index is 879. The number of carbonyl (C=O) groups excluding carboxylic acids is 1. The highest BCUT2D eigenvalue weighted by Crippen LogP contribution is 2.36. The first kappa shape index (κ1) is 18.6. The fourth-order valence-electron chi connectivity index (χ4n) is 4.36. The number of hydroxylamine groups is 2. The van der Waals surface area contributed by atoms with Crippen LogP contribution in [0.2, 0.25) is 0 Å². The maximum absolute atomic E-state index is 13.1. The van der Waals surface area contributed by atoms with Crippen LogP contribution in [0.1, 0.15) is 55.0 Å². The van der Waals surface area contributed by atoms with Gasteiger partial charge in [-0.3, -0.25) is 14.6 Å². The zero-order chi connectivity index (χ0) is 19.5. The van der Waals surface area contributed by atoms with Crippen LogP contribution in [-0.4, -0.2) is 32.1 Å². The summed E-state index contributed by atoms with van der Waals surface area (Å²) in [5.41, 5.74) is 2.63. The molecule has 1 saturated carbocycles. The van der Waals surface area contributed by atoms with Crippen molar-refractivity contribution in [2.75, 3.05) is 6.61 Å². The molecule has 2 aliphatic rings. The average molecular weight is 379 g/mol. The minimum absolute atomic E-state index is 0.00972. The number of aromatic nitrogens is 3. The van der Waals surface area contributed by atoms with E-state index in [0.717, 1.165) is 44.1 Å². The summed E-state index contributed by atoms with van der Waals surface area (Å²) < 4.78 is 2.07. The van der Waals surface area contributed by atoms with Crippen molar-refractivity contribution >= 4 is 5.91 Å². The molecule has 28 heavy (non-hydrogen) atoms. The van der Waals surface area contributed by atoms with Crippen LogP contribution >= 0.6 is 0 Å². The van der Waals surface area contributed by atoms with Crippen molar-refractivity contribution in [1.29, 1.82) is 5.26 Å². The van der Waals surface area contributed by atoms with E-state index in [4.69, 9.17) is 10.1 Å². The van der Waals surface area contributed by atoms with Crippen molar-refractivity contribution in [3.63, 3.8) is 0 Å². The molecular formula is C21H25N5O2. The standard InChI is InChI=1S/C21H25N5O2/c1-25-14-24-13-19(25)9-15-2-4-17(5-3-15)21(27)26-20(6-7-28-26)18-8-16(10-22)11-23-12-18/h8,11-15,17,20H,2-7,9H2,1H3/t15?,17?,20-/m0/s1. The van der Waals surface area contributed by atoms with Crippen LogP contribution in [0.4, 0.5) is 0 Å². The van der Waals surface area contributed by atoms with Crippen LogP contribution in [0.5, 0.6) is 0 Å². The summed E-state index contributed by atoms with van der Waals surface area (Å²) in [5.74, 6) is 0.686. The summed E-state index contributed by atoms with van der Waals surface area (Å²) in [6, 6.07) is 3.76. The number of rotatable bonds is 4. The number of carbonyl (C=O) groups is 1. The van der Waals surface area contributed by atoms with E-state index in [0.29, 0.717) is 18.1 Å². The molecule has 2 fully saturated rings. The predicted octanol–water partition coefficient (Wildman–Crippen LogP) is 2.94. The van der Waals surface area contributed by atoms with E-state index in [1.165, 1.54) is 11.9 Å². The molecule has 0 N–H and O–H groups in total. The molecule has 0 radical (unpaired) electrons. The van der Waals surface area contributed by atoms with Gasteiger partial charge in [0.05, 0.1) is 24.5 Å². The minimum atomic E-state index is -0.152. The second-order valence-electron chi connectivity index (χ2n) is 7.84. The maximum atomic E-state index is 13.1. The molecule has 3 heterocycles. The first-order valence-electron chi connectivity index (χ1n) is 9.92.